The van der Waals surface area contributed by atoms with Gasteiger partial charge in [-0.1, -0.05) is 6.92 Å². The molecule has 86 valence electrons. The molecule has 0 aromatic heterocycles. The van der Waals surface area contributed by atoms with Crippen molar-refractivity contribution < 1.29 is 9.59 Å². The summed E-state index contributed by atoms with van der Waals surface area (Å²) in [5.74, 6) is -0.253. The van der Waals surface area contributed by atoms with Crippen LogP contribution in [0.2, 0.25) is 0 Å². The molecular formula is C10H19N3O2. The number of piperidine rings is 1. The van der Waals surface area contributed by atoms with Crippen LogP contribution in [0, 0.1) is 0 Å². The summed E-state index contributed by atoms with van der Waals surface area (Å²) in [4.78, 5) is 24.3. The van der Waals surface area contributed by atoms with Crippen molar-refractivity contribution in [2.45, 2.75) is 32.2 Å². The number of carbonyl (C=O) groups is 2. The summed E-state index contributed by atoms with van der Waals surface area (Å²) >= 11 is 0. The average Bonchev–Trinajstić information content (AvgIpc) is 2.18. The van der Waals surface area contributed by atoms with Crippen molar-refractivity contribution in [2.24, 2.45) is 5.73 Å². The molecule has 1 aliphatic heterocycles. The molecule has 1 aliphatic rings. The number of nitrogens with one attached hydrogen (secondary N) is 1. The number of nitrogens with zero attached hydrogens (tertiary/aromatic N) is 1. The maximum absolute atomic E-state index is 11.4. The molecular weight excluding hydrogens is 194 g/mol. The number of hydrogen-bond acceptors (Lipinski definition) is 3. The fourth-order valence-corrected chi connectivity index (χ4v) is 2.05. The van der Waals surface area contributed by atoms with Gasteiger partial charge in [0.25, 0.3) is 0 Å². The van der Waals surface area contributed by atoms with Crippen molar-refractivity contribution >= 4 is 11.8 Å². The van der Waals surface area contributed by atoms with Gasteiger partial charge in [0, 0.05) is 20.0 Å². The summed E-state index contributed by atoms with van der Waals surface area (Å²) < 4.78 is 0. The number of primary amides is 1. The normalized spacial score (nSPS) is 20.0. The van der Waals surface area contributed by atoms with Crippen molar-refractivity contribution in [1.82, 2.24) is 10.2 Å². The van der Waals surface area contributed by atoms with Crippen LogP contribution in [0.25, 0.3) is 0 Å². The van der Waals surface area contributed by atoms with E-state index < -0.39 is 5.54 Å². The van der Waals surface area contributed by atoms with E-state index in [4.69, 9.17) is 5.73 Å². The fraction of sp³-hybridized carbons (Fsp3) is 0.800. The van der Waals surface area contributed by atoms with Crippen LogP contribution in [0.1, 0.15) is 26.7 Å². The molecule has 1 fully saturated rings. The first-order chi connectivity index (χ1) is 7.02. The number of rotatable bonds is 3. The van der Waals surface area contributed by atoms with E-state index in [1.54, 1.807) is 11.8 Å². The van der Waals surface area contributed by atoms with Gasteiger partial charge in [-0.3, -0.25) is 9.59 Å². The molecule has 0 atom stereocenters. The van der Waals surface area contributed by atoms with E-state index in [-0.39, 0.29) is 11.8 Å². The van der Waals surface area contributed by atoms with Gasteiger partial charge in [0.2, 0.25) is 11.8 Å². The number of likely N-dealkylation sites (N-methyl/N-ethyl adjacent to an activating group) is 1. The topological polar surface area (TPSA) is 75.4 Å². The zero-order valence-electron chi connectivity index (χ0n) is 9.38. The van der Waals surface area contributed by atoms with Crippen LogP contribution in [0.5, 0.6) is 0 Å². The molecule has 0 aromatic carbocycles. The summed E-state index contributed by atoms with van der Waals surface area (Å²) in [6.45, 7) is 5.41. The van der Waals surface area contributed by atoms with Crippen molar-refractivity contribution in [2.75, 3.05) is 19.6 Å². The lowest BCUT2D eigenvalue weighted by Gasteiger charge is -2.39. The zero-order valence-corrected chi connectivity index (χ0v) is 9.38. The molecule has 5 heteroatoms. The Morgan fingerprint density at radius 2 is 1.93 bits per heavy atom. The van der Waals surface area contributed by atoms with E-state index in [1.165, 1.54) is 0 Å². The van der Waals surface area contributed by atoms with Crippen LogP contribution in [0.15, 0.2) is 0 Å². The van der Waals surface area contributed by atoms with Crippen molar-refractivity contribution in [3.8, 4) is 0 Å². The minimum Gasteiger partial charge on any atom is -0.368 e. The van der Waals surface area contributed by atoms with E-state index in [2.05, 4.69) is 5.32 Å². The number of nitrogens with two attached hydrogens (primary N) is 1. The lowest BCUT2D eigenvalue weighted by atomic mass is 9.86. The smallest absolute Gasteiger partial charge is 0.237 e. The minimum atomic E-state index is -0.610. The van der Waals surface area contributed by atoms with Crippen LogP contribution >= 0.6 is 0 Å². The summed E-state index contributed by atoms with van der Waals surface area (Å²) in [6, 6.07) is 0. The minimum absolute atomic E-state index is 0.0598. The zero-order chi connectivity index (χ0) is 11.5. The summed E-state index contributed by atoms with van der Waals surface area (Å²) in [6.07, 6.45) is 1.21. The molecule has 0 aromatic rings. The number of likely N-dealkylation sites (tertiary alicyclic amines) is 1. The molecule has 0 saturated carbocycles. The maximum atomic E-state index is 11.4. The van der Waals surface area contributed by atoms with Gasteiger partial charge in [-0.15, -0.1) is 0 Å². The van der Waals surface area contributed by atoms with E-state index >= 15 is 0 Å². The molecule has 0 aliphatic carbocycles. The Morgan fingerprint density at radius 1 is 1.40 bits per heavy atom. The van der Waals surface area contributed by atoms with E-state index in [1.807, 2.05) is 6.92 Å². The van der Waals surface area contributed by atoms with Gasteiger partial charge in [-0.25, -0.2) is 0 Å². The highest BCUT2D eigenvalue weighted by Gasteiger charge is 2.39. The van der Waals surface area contributed by atoms with Crippen molar-refractivity contribution in [3.05, 3.63) is 0 Å². The standard InChI is InChI=1S/C10H19N3O2/c1-3-12-10(9(11)15)4-6-13(7-5-10)8(2)14/h12H,3-7H2,1-2H3,(H2,11,15). The molecule has 2 amide bonds. The molecule has 3 N–H and O–H groups in total. The SMILES string of the molecule is CCNC1(C(N)=O)CCN(C(C)=O)CC1. The lowest BCUT2D eigenvalue weighted by Crippen LogP contribution is -2.61. The average molecular weight is 213 g/mol. The Bertz CT molecular complexity index is 257. The van der Waals surface area contributed by atoms with Crippen LogP contribution in [0.3, 0.4) is 0 Å². The third-order valence-corrected chi connectivity index (χ3v) is 3.05. The van der Waals surface area contributed by atoms with Gasteiger partial charge in [0.05, 0.1) is 0 Å². The Balaban J connectivity index is 2.65. The third-order valence-electron chi connectivity index (χ3n) is 3.05. The van der Waals surface area contributed by atoms with Crippen LogP contribution in [0.4, 0.5) is 0 Å². The summed E-state index contributed by atoms with van der Waals surface area (Å²) in [7, 11) is 0. The Labute approximate surface area is 90.0 Å². The Morgan fingerprint density at radius 3 is 2.27 bits per heavy atom. The van der Waals surface area contributed by atoms with Crippen LogP contribution in [-0.2, 0) is 9.59 Å². The Hall–Kier alpha value is -1.10. The van der Waals surface area contributed by atoms with Gasteiger partial charge in [-0.2, -0.15) is 0 Å². The first kappa shape index (κ1) is 12.0. The van der Waals surface area contributed by atoms with Gasteiger partial charge < -0.3 is 16.0 Å². The highest BCUT2D eigenvalue weighted by molar-refractivity contribution is 5.85. The molecule has 0 unspecified atom stereocenters. The predicted octanol–water partition coefficient (Wildman–Crippen LogP) is -0.538. The molecule has 0 radical (unpaired) electrons. The van der Waals surface area contributed by atoms with Gasteiger partial charge >= 0.3 is 0 Å². The maximum Gasteiger partial charge on any atom is 0.237 e. The summed E-state index contributed by atoms with van der Waals surface area (Å²) in [5.41, 5.74) is 4.79. The first-order valence-corrected chi connectivity index (χ1v) is 5.32. The van der Waals surface area contributed by atoms with Gasteiger partial charge in [0.1, 0.15) is 5.54 Å². The van der Waals surface area contributed by atoms with Gasteiger partial charge in [0.15, 0.2) is 0 Å². The van der Waals surface area contributed by atoms with E-state index in [0.717, 1.165) is 0 Å². The van der Waals surface area contributed by atoms with Crippen LogP contribution < -0.4 is 11.1 Å². The Kier molecular flexibility index (Phi) is 3.68. The lowest BCUT2D eigenvalue weighted by molar-refractivity contribution is -0.134. The second-order valence-corrected chi connectivity index (χ2v) is 3.98. The van der Waals surface area contributed by atoms with Crippen molar-refractivity contribution in [3.63, 3.8) is 0 Å². The molecule has 0 bridgehead atoms. The number of amides is 2. The molecule has 15 heavy (non-hydrogen) atoms. The van der Waals surface area contributed by atoms with E-state index in [0.29, 0.717) is 32.5 Å². The molecule has 5 nitrogen and oxygen atoms in total. The highest BCUT2D eigenvalue weighted by Crippen LogP contribution is 2.21. The number of carbonyl (C=O) groups excluding carboxylic acids is 2. The monoisotopic (exact) mass is 213 g/mol. The quantitative estimate of drug-likeness (QED) is 0.661. The predicted molar refractivity (Wildman–Crippen MR) is 57.1 cm³/mol. The number of hydrogen-bond donors (Lipinski definition) is 2. The fourth-order valence-electron chi connectivity index (χ4n) is 2.05. The molecule has 0 spiro atoms. The second-order valence-electron chi connectivity index (χ2n) is 3.98. The van der Waals surface area contributed by atoms with Crippen molar-refractivity contribution in [1.29, 1.82) is 0 Å². The summed E-state index contributed by atoms with van der Waals surface area (Å²) in [5, 5.41) is 3.14. The van der Waals surface area contributed by atoms with Gasteiger partial charge in [-0.05, 0) is 19.4 Å². The highest BCUT2D eigenvalue weighted by atomic mass is 16.2. The third kappa shape index (κ3) is 2.47. The molecule has 1 saturated heterocycles. The van der Waals surface area contributed by atoms with E-state index in [9.17, 15) is 9.59 Å². The van der Waals surface area contributed by atoms with Crippen LogP contribution in [-0.4, -0.2) is 41.9 Å². The first-order valence-electron chi connectivity index (χ1n) is 5.32. The molecule has 1 rings (SSSR count). The molecule has 1 heterocycles. The second kappa shape index (κ2) is 4.61. The largest absolute Gasteiger partial charge is 0.368 e.